The zero-order valence-electron chi connectivity index (χ0n) is 14.9. The number of hydrogen-bond donors (Lipinski definition) is 3. The quantitative estimate of drug-likeness (QED) is 0.543. The van der Waals surface area contributed by atoms with Gasteiger partial charge in [-0.15, -0.1) is 11.3 Å². The number of rotatable bonds is 6. The summed E-state index contributed by atoms with van der Waals surface area (Å²) in [5.41, 5.74) is 1.05. The van der Waals surface area contributed by atoms with E-state index in [1.165, 1.54) is 24.1 Å². The van der Waals surface area contributed by atoms with Gasteiger partial charge in [-0.3, -0.25) is 4.79 Å². The van der Waals surface area contributed by atoms with Gasteiger partial charge < -0.3 is 16.0 Å². The van der Waals surface area contributed by atoms with E-state index in [1.807, 2.05) is 20.8 Å². The van der Waals surface area contributed by atoms with E-state index in [0.717, 1.165) is 30.1 Å². The van der Waals surface area contributed by atoms with Crippen LogP contribution in [-0.2, 0) is 11.3 Å². The largest absolute Gasteiger partial charge is 0.357 e. The molecule has 1 aliphatic carbocycles. The molecule has 0 aliphatic heterocycles. The van der Waals surface area contributed by atoms with Crippen molar-refractivity contribution in [2.24, 2.45) is 4.99 Å². The fourth-order valence-corrected chi connectivity index (χ4v) is 3.79. The summed E-state index contributed by atoms with van der Waals surface area (Å²) in [4.78, 5) is 22.1. The average Bonchev–Trinajstić information content (AvgIpc) is 2.88. The van der Waals surface area contributed by atoms with Gasteiger partial charge in [0.25, 0.3) is 0 Å². The number of thiazole rings is 1. The molecule has 1 amide bonds. The summed E-state index contributed by atoms with van der Waals surface area (Å²) in [5.74, 6) is 0.672. The van der Waals surface area contributed by atoms with Crippen LogP contribution in [0.4, 0.5) is 0 Å². The molecule has 1 heterocycles. The minimum atomic E-state index is 0.00363. The number of nitrogens with one attached hydrogen (secondary N) is 3. The number of guanidine groups is 1. The zero-order valence-corrected chi connectivity index (χ0v) is 15.8. The SMILES string of the molecule is CCNC(=NCC(=O)NC1CCCCC1)NCc1sc(C)nc1C. The van der Waals surface area contributed by atoms with Crippen molar-refractivity contribution in [3.05, 3.63) is 15.6 Å². The molecule has 134 valence electrons. The van der Waals surface area contributed by atoms with Gasteiger partial charge in [-0.05, 0) is 33.6 Å². The lowest BCUT2D eigenvalue weighted by molar-refractivity contribution is -0.120. The van der Waals surface area contributed by atoms with Crippen molar-refractivity contribution >= 4 is 23.2 Å². The molecule has 0 aromatic carbocycles. The molecular formula is C17H29N5OS. The van der Waals surface area contributed by atoms with Crippen LogP contribution in [0.2, 0.25) is 0 Å². The highest BCUT2D eigenvalue weighted by Gasteiger charge is 2.15. The molecule has 0 atom stereocenters. The fraction of sp³-hybridized carbons (Fsp3) is 0.706. The lowest BCUT2D eigenvalue weighted by atomic mass is 9.95. The van der Waals surface area contributed by atoms with Crippen LogP contribution in [0.3, 0.4) is 0 Å². The number of aromatic nitrogens is 1. The summed E-state index contributed by atoms with van der Waals surface area (Å²) < 4.78 is 0. The van der Waals surface area contributed by atoms with Gasteiger partial charge in [-0.2, -0.15) is 0 Å². The van der Waals surface area contributed by atoms with Crippen molar-refractivity contribution in [2.75, 3.05) is 13.1 Å². The van der Waals surface area contributed by atoms with E-state index < -0.39 is 0 Å². The summed E-state index contributed by atoms with van der Waals surface area (Å²) in [6, 6.07) is 0.333. The Labute approximate surface area is 148 Å². The Kier molecular flexibility index (Phi) is 7.49. The molecular weight excluding hydrogens is 322 g/mol. The van der Waals surface area contributed by atoms with E-state index in [-0.39, 0.29) is 12.5 Å². The van der Waals surface area contributed by atoms with Crippen molar-refractivity contribution in [1.29, 1.82) is 0 Å². The van der Waals surface area contributed by atoms with Crippen molar-refractivity contribution < 1.29 is 4.79 Å². The molecule has 1 aromatic heterocycles. The molecule has 1 saturated carbocycles. The molecule has 0 radical (unpaired) electrons. The minimum absolute atomic E-state index is 0.00363. The summed E-state index contributed by atoms with van der Waals surface area (Å²) in [6.07, 6.45) is 5.91. The molecule has 3 N–H and O–H groups in total. The first-order chi connectivity index (χ1) is 11.6. The van der Waals surface area contributed by atoms with Gasteiger partial charge in [-0.25, -0.2) is 9.98 Å². The number of hydrogen-bond acceptors (Lipinski definition) is 4. The second-order valence-electron chi connectivity index (χ2n) is 6.19. The van der Waals surface area contributed by atoms with Crippen LogP contribution in [0.25, 0.3) is 0 Å². The lowest BCUT2D eigenvalue weighted by Gasteiger charge is -2.22. The molecule has 7 heteroatoms. The smallest absolute Gasteiger partial charge is 0.242 e. The van der Waals surface area contributed by atoms with Gasteiger partial charge in [0.15, 0.2) is 5.96 Å². The van der Waals surface area contributed by atoms with Gasteiger partial charge >= 0.3 is 0 Å². The highest BCUT2D eigenvalue weighted by Crippen LogP contribution is 2.17. The second kappa shape index (κ2) is 9.61. The molecule has 6 nitrogen and oxygen atoms in total. The van der Waals surface area contributed by atoms with Crippen molar-refractivity contribution in [2.45, 2.75) is 65.5 Å². The van der Waals surface area contributed by atoms with Crippen LogP contribution in [0.1, 0.15) is 54.6 Å². The molecule has 24 heavy (non-hydrogen) atoms. The standard InChI is InChI=1S/C17H29N5OS/c1-4-18-17(19-10-15-12(2)21-13(3)24-15)20-11-16(23)22-14-8-6-5-7-9-14/h14H,4-11H2,1-3H3,(H,22,23)(H2,18,19,20). The molecule has 0 spiro atoms. The van der Waals surface area contributed by atoms with Gasteiger partial charge in [-0.1, -0.05) is 19.3 Å². The summed E-state index contributed by atoms with van der Waals surface area (Å²) in [7, 11) is 0. The normalized spacial score (nSPS) is 16.0. The molecule has 1 fully saturated rings. The molecule has 0 saturated heterocycles. The predicted molar refractivity (Wildman–Crippen MR) is 99.4 cm³/mol. The zero-order chi connectivity index (χ0) is 17.4. The molecule has 1 aliphatic rings. The van der Waals surface area contributed by atoms with Gasteiger partial charge in [0.1, 0.15) is 6.54 Å². The van der Waals surface area contributed by atoms with E-state index in [2.05, 4.69) is 25.9 Å². The Morgan fingerprint density at radius 3 is 2.62 bits per heavy atom. The molecule has 0 bridgehead atoms. The Bertz CT molecular complexity index is 563. The molecule has 0 unspecified atom stereocenters. The van der Waals surface area contributed by atoms with Crippen LogP contribution >= 0.6 is 11.3 Å². The maximum Gasteiger partial charge on any atom is 0.242 e. The first-order valence-electron chi connectivity index (χ1n) is 8.83. The molecule has 2 rings (SSSR count). The van der Waals surface area contributed by atoms with Gasteiger partial charge in [0.05, 0.1) is 17.2 Å². The van der Waals surface area contributed by atoms with Crippen LogP contribution in [-0.4, -0.2) is 36.0 Å². The Morgan fingerprint density at radius 2 is 2.00 bits per heavy atom. The highest BCUT2D eigenvalue weighted by atomic mass is 32.1. The summed E-state index contributed by atoms with van der Waals surface area (Å²) in [5, 5.41) is 10.6. The number of carbonyl (C=O) groups is 1. The van der Waals surface area contributed by atoms with Gasteiger partial charge in [0.2, 0.25) is 5.91 Å². The van der Waals surface area contributed by atoms with E-state index >= 15 is 0 Å². The fourth-order valence-electron chi connectivity index (χ4n) is 2.91. The lowest BCUT2D eigenvalue weighted by Crippen LogP contribution is -2.40. The third kappa shape index (κ3) is 6.11. The van der Waals surface area contributed by atoms with Crippen LogP contribution in [0, 0.1) is 13.8 Å². The van der Waals surface area contributed by atoms with Crippen LogP contribution in [0.15, 0.2) is 4.99 Å². The third-order valence-corrected chi connectivity index (χ3v) is 5.18. The first-order valence-corrected chi connectivity index (χ1v) is 9.64. The first kappa shape index (κ1) is 18.7. The van der Waals surface area contributed by atoms with E-state index in [9.17, 15) is 4.79 Å². The topological polar surface area (TPSA) is 78.4 Å². The predicted octanol–water partition coefficient (Wildman–Crippen LogP) is 2.26. The summed E-state index contributed by atoms with van der Waals surface area (Å²) >= 11 is 1.69. The van der Waals surface area contributed by atoms with Gasteiger partial charge in [0, 0.05) is 17.5 Å². The number of amides is 1. The number of aryl methyl sites for hydroxylation is 2. The Hall–Kier alpha value is -1.63. The van der Waals surface area contributed by atoms with E-state index in [4.69, 9.17) is 0 Å². The van der Waals surface area contributed by atoms with Crippen LogP contribution < -0.4 is 16.0 Å². The maximum absolute atomic E-state index is 12.1. The molecule has 1 aromatic rings. The van der Waals surface area contributed by atoms with E-state index in [0.29, 0.717) is 18.5 Å². The average molecular weight is 352 g/mol. The third-order valence-electron chi connectivity index (χ3n) is 4.11. The Morgan fingerprint density at radius 1 is 1.25 bits per heavy atom. The van der Waals surface area contributed by atoms with Crippen LogP contribution in [0.5, 0.6) is 0 Å². The summed E-state index contributed by atoms with van der Waals surface area (Å²) in [6.45, 7) is 7.64. The van der Waals surface area contributed by atoms with Crippen molar-refractivity contribution in [1.82, 2.24) is 20.9 Å². The van der Waals surface area contributed by atoms with E-state index in [1.54, 1.807) is 11.3 Å². The number of aliphatic imine (C=N–C) groups is 1. The minimum Gasteiger partial charge on any atom is -0.357 e. The Balaban J connectivity index is 1.82. The number of carbonyl (C=O) groups excluding carboxylic acids is 1. The number of nitrogens with zero attached hydrogens (tertiary/aromatic N) is 2. The van der Waals surface area contributed by atoms with Crippen molar-refractivity contribution in [3.63, 3.8) is 0 Å². The van der Waals surface area contributed by atoms with Crippen molar-refractivity contribution in [3.8, 4) is 0 Å². The highest BCUT2D eigenvalue weighted by molar-refractivity contribution is 7.11. The second-order valence-corrected chi connectivity index (χ2v) is 7.48. The monoisotopic (exact) mass is 351 g/mol. The maximum atomic E-state index is 12.1.